The van der Waals surface area contributed by atoms with E-state index in [9.17, 15) is 9.59 Å². The van der Waals surface area contributed by atoms with Crippen molar-refractivity contribution in [2.24, 2.45) is 5.92 Å². The van der Waals surface area contributed by atoms with E-state index in [0.717, 1.165) is 49.0 Å². The van der Waals surface area contributed by atoms with E-state index in [1.165, 1.54) is 5.56 Å². The molecule has 196 valence electrons. The molecule has 0 aliphatic carbocycles. The second-order valence-corrected chi connectivity index (χ2v) is 10.6. The number of likely N-dealkylation sites (tertiary alicyclic amines) is 1. The summed E-state index contributed by atoms with van der Waals surface area (Å²) in [5, 5.41) is 0. The van der Waals surface area contributed by atoms with Gasteiger partial charge in [0.2, 0.25) is 5.91 Å². The predicted molar refractivity (Wildman–Crippen MR) is 146 cm³/mol. The summed E-state index contributed by atoms with van der Waals surface area (Å²) >= 11 is 0. The SMILES string of the molecule is COc1cc2c(cc1OC)[C@H]1[C@@H](C(=O)N3CCC(Cc4ccccc4)CC3)c3ccccc3C(=O)N1CC2. The van der Waals surface area contributed by atoms with Crippen LogP contribution in [-0.4, -0.2) is 55.5 Å². The molecule has 0 spiro atoms. The number of piperidine rings is 1. The van der Waals surface area contributed by atoms with Gasteiger partial charge < -0.3 is 19.3 Å². The maximum atomic E-state index is 14.4. The number of nitrogens with zero attached hydrogens (tertiary/aromatic N) is 2. The molecular formula is C32H34N2O4. The fourth-order valence-electron chi connectivity index (χ4n) is 6.62. The fraction of sp³-hybridized carbons (Fsp3) is 0.375. The normalized spacial score (nSPS) is 20.8. The first-order chi connectivity index (χ1) is 18.6. The van der Waals surface area contributed by atoms with Crippen molar-refractivity contribution in [1.82, 2.24) is 9.80 Å². The van der Waals surface area contributed by atoms with Crippen molar-refractivity contribution in [3.63, 3.8) is 0 Å². The van der Waals surface area contributed by atoms with E-state index in [4.69, 9.17) is 9.47 Å². The Morgan fingerprint density at radius 1 is 0.868 bits per heavy atom. The fourth-order valence-corrected chi connectivity index (χ4v) is 6.62. The standard InChI is InChI=1S/C32H34N2O4/c1-37-27-19-23-14-17-34-30(26(23)20-28(27)38-2)29(24-10-6-7-11-25(24)31(34)35)32(36)33-15-12-22(13-16-33)18-21-8-4-3-5-9-21/h3-11,19-20,22,29-30H,12-18H2,1-2H3/t29-,30-/m0/s1. The van der Waals surface area contributed by atoms with Gasteiger partial charge in [0, 0.05) is 25.2 Å². The third-order valence-corrected chi connectivity index (χ3v) is 8.58. The third-order valence-electron chi connectivity index (χ3n) is 8.58. The van der Waals surface area contributed by atoms with Crippen molar-refractivity contribution in [1.29, 1.82) is 0 Å². The highest BCUT2D eigenvalue weighted by atomic mass is 16.5. The van der Waals surface area contributed by atoms with Crippen LogP contribution in [0, 0.1) is 5.92 Å². The van der Waals surface area contributed by atoms with E-state index >= 15 is 0 Å². The number of hydrogen-bond acceptors (Lipinski definition) is 4. The molecule has 0 unspecified atom stereocenters. The molecule has 3 aromatic rings. The van der Waals surface area contributed by atoms with Gasteiger partial charge in [-0.2, -0.15) is 0 Å². The average molecular weight is 511 g/mol. The molecule has 6 heteroatoms. The van der Waals surface area contributed by atoms with E-state index in [0.29, 0.717) is 35.9 Å². The van der Waals surface area contributed by atoms with Crippen molar-refractivity contribution in [2.45, 2.75) is 37.6 Å². The molecule has 6 rings (SSSR count). The van der Waals surface area contributed by atoms with E-state index in [1.54, 1.807) is 14.2 Å². The van der Waals surface area contributed by atoms with E-state index in [2.05, 4.69) is 30.3 Å². The van der Waals surface area contributed by atoms with Gasteiger partial charge in [-0.05, 0) is 72.1 Å². The summed E-state index contributed by atoms with van der Waals surface area (Å²) < 4.78 is 11.2. The highest BCUT2D eigenvalue weighted by Crippen LogP contribution is 2.49. The van der Waals surface area contributed by atoms with Crippen LogP contribution in [0.25, 0.3) is 0 Å². The van der Waals surface area contributed by atoms with Crippen LogP contribution in [0.5, 0.6) is 11.5 Å². The van der Waals surface area contributed by atoms with E-state index < -0.39 is 5.92 Å². The molecule has 0 saturated carbocycles. The lowest BCUT2D eigenvalue weighted by atomic mass is 9.75. The van der Waals surface area contributed by atoms with Crippen LogP contribution in [-0.2, 0) is 17.6 Å². The molecule has 3 aliphatic heterocycles. The first-order valence-corrected chi connectivity index (χ1v) is 13.6. The second-order valence-electron chi connectivity index (χ2n) is 10.6. The van der Waals surface area contributed by atoms with Gasteiger partial charge in [0.05, 0.1) is 26.2 Å². The zero-order chi connectivity index (χ0) is 26.2. The smallest absolute Gasteiger partial charge is 0.254 e. The monoisotopic (exact) mass is 510 g/mol. The molecule has 3 aliphatic rings. The Labute approximate surface area is 224 Å². The van der Waals surface area contributed by atoms with Gasteiger partial charge in [0.25, 0.3) is 5.91 Å². The van der Waals surface area contributed by atoms with Crippen molar-refractivity contribution in [3.05, 3.63) is 94.5 Å². The quantitative estimate of drug-likeness (QED) is 0.484. The Balaban J connectivity index is 1.33. The Kier molecular flexibility index (Phi) is 6.56. The number of carbonyl (C=O) groups excluding carboxylic acids is 2. The summed E-state index contributed by atoms with van der Waals surface area (Å²) in [6.07, 6.45) is 3.74. The molecule has 0 N–H and O–H groups in total. The topological polar surface area (TPSA) is 59.1 Å². The summed E-state index contributed by atoms with van der Waals surface area (Å²) in [5.74, 6) is 1.52. The number of carbonyl (C=O) groups is 2. The van der Waals surface area contributed by atoms with Gasteiger partial charge in [-0.15, -0.1) is 0 Å². The molecule has 0 radical (unpaired) electrons. The summed E-state index contributed by atoms with van der Waals surface area (Å²) in [7, 11) is 3.25. The Hall–Kier alpha value is -3.80. The highest BCUT2D eigenvalue weighted by Gasteiger charge is 2.48. The summed E-state index contributed by atoms with van der Waals surface area (Å²) in [6, 6.07) is 21.9. The van der Waals surface area contributed by atoms with E-state index in [-0.39, 0.29) is 17.9 Å². The van der Waals surface area contributed by atoms with Crippen LogP contribution >= 0.6 is 0 Å². The Bertz CT molecular complexity index is 1350. The number of benzene rings is 3. The van der Waals surface area contributed by atoms with Crippen molar-refractivity contribution >= 4 is 11.8 Å². The summed E-state index contributed by atoms with van der Waals surface area (Å²) in [4.78, 5) is 31.9. The van der Waals surface area contributed by atoms with Crippen LogP contribution in [0.4, 0.5) is 0 Å². The molecular weight excluding hydrogens is 476 g/mol. The Morgan fingerprint density at radius 2 is 1.55 bits per heavy atom. The van der Waals surface area contributed by atoms with Crippen molar-refractivity contribution < 1.29 is 19.1 Å². The number of ether oxygens (including phenoxy) is 2. The number of amides is 2. The zero-order valence-corrected chi connectivity index (χ0v) is 22.1. The van der Waals surface area contributed by atoms with Crippen LogP contribution in [0.3, 0.4) is 0 Å². The number of hydrogen-bond donors (Lipinski definition) is 0. The average Bonchev–Trinajstić information content (AvgIpc) is 2.97. The predicted octanol–water partition coefficient (Wildman–Crippen LogP) is 5.02. The molecule has 6 nitrogen and oxygen atoms in total. The number of methoxy groups -OCH3 is 2. The number of fused-ring (bicyclic) bond motifs is 4. The minimum atomic E-state index is -0.452. The molecule has 2 amide bonds. The van der Waals surface area contributed by atoms with Crippen LogP contribution in [0.1, 0.15) is 57.4 Å². The zero-order valence-electron chi connectivity index (χ0n) is 22.1. The minimum absolute atomic E-state index is 0.00310. The summed E-state index contributed by atoms with van der Waals surface area (Å²) in [6.45, 7) is 2.06. The molecule has 1 saturated heterocycles. The van der Waals surface area contributed by atoms with Gasteiger partial charge >= 0.3 is 0 Å². The molecule has 0 aromatic heterocycles. The highest BCUT2D eigenvalue weighted by molar-refractivity contribution is 6.01. The Morgan fingerprint density at radius 3 is 2.29 bits per heavy atom. The summed E-state index contributed by atoms with van der Waals surface area (Å²) in [5.41, 5.74) is 4.92. The molecule has 3 heterocycles. The molecule has 1 fully saturated rings. The van der Waals surface area contributed by atoms with E-state index in [1.807, 2.05) is 46.2 Å². The first-order valence-electron chi connectivity index (χ1n) is 13.6. The minimum Gasteiger partial charge on any atom is -0.493 e. The van der Waals surface area contributed by atoms with Gasteiger partial charge in [0.15, 0.2) is 11.5 Å². The first kappa shape index (κ1) is 24.5. The molecule has 0 bridgehead atoms. The lowest BCUT2D eigenvalue weighted by Crippen LogP contribution is -2.51. The maximum Gasteiger partial charge on any atom is 0.254 e. The number of rotatable bonds is 5. The molecule has 2 atom stereocenters. The van der Waals surface area contributed by atoms with Gasteiger partial charge in [-0.3, -0.25) is 9.59 Å². The van der Waals surface area contributed by atoms with Crippen molar-refractivity contribution in [2.75, 3.05) is 33.9 Å². The van der Waals surface area contributed by atoms with Crippen molar-refractivity contribution in [3.8, 4) is 11.5 Å². The van der Waals surface area contributed by atoms with Gasteiger partial charge in [-0.1, -0.05) is 48.5 Å². The van der Waals surface area contributed by atoms with Gasteiger partial charge in [0.1, 0.15) is 0 Å². The largest absolute Gasteiger partial charge is 0.493 e. The molecule has 38 heavy (non-hydrogen) atoms. The second kappa shape index (κ2) is 10.2. The lowest BCUT2D eigenvalue weighted by molar-refractivity contribution is -0.136. The lowest BCUT2D eigenvalue weighted by Gasteiger charge is -2.47. The van der Waals surface area contributed by atoms with Gasteiger partial charge in [-0.25, -0.2) is 0 Å². The third kappa shape index (κ3) is 4.22. The maximum absolute atomic E-state index is 14.4. The van der Waals surface area contributed by atoms with Crippen LogP contribution in [0.15, 0.2) is 66.7 Å². The van der Waals surface area contributed by atoms with Crippen LogP contribution in [0.2, 0.25) is 0 Å². The van der Waals surface area contributed by atoms with Crippen LogP contribution < -0.4 is 9.47 Å². The molecule has 3 aromatic carbocycles.